The van der Waals surface area contributed by atoms with Gasteiger partial charge in [-0.3, -0.25) is 9.69 Å². The summed E-state index contributed by atoms with van der Waals surface area (Å²) in [5.74, 6) is -0.175. The van der Waals surface area contributed by atoms with Gasteiger partial charge in [-0.15, -0.1) is 0 Å². The van der Waals surface area contributed by atoms with Crippen molar-refractivity contribution in [3.63, 3.8) is 0 Å². The smallest absolute Gasteiger partial charge is 0.260 e. The van der Waals surface area contributed by atoms with E-state index in [0.29, 0.717) is 23.8 Å². The fourth-order valence-electron chi connectivity index (χ4n) is 4.53. The highest BCUT2D eigenvalue weighted by Crippen LogP contribution is 2.30. The van der Waals surface area contributed by atoms with Crippen LogP contribution in [0.15, 0.2) is 53.4 Å². The third-order valence-electron chi connectivity index (χ3n) is 6.74. The normalized spacial score (nSPS) is 17.2. The van der Waals surface area contributed by atoms with Crippen molar-refractivity contribution in [3.8, 4) is 0 Å². The first-order chi connectivity index (χ1) is 16.8. The molecule has 1 amide bonds. The van der Waals surface area contributed by atoms with Crippen molar-refractivity contribution in [1.29, 1.82) is 0 Å². The van der Waals surface area contributed by atoms with Gasteiger partial charge < -0.3 is 4.90 Å². The lowest BCUT2D eigenvalue weighted by atomic mass is 10.1. The number of sulfonamides is 1. The van der Waals surface area contributed by atoms with Crippen LogP contribution >= 0.6 is 11.3 Å². The molecule has 0 saturated carbocycles. The lowest BCUT2D eigenvalue weighted by molar-refractivity contribution is 0.0983. The maximum absolute atomic E-state index is 13.6. The largest absolute Gasteiger partial charge is 0.302 e. The Bertz CT molecular complexity index is 1220. The number of thiazole rings is 1. The van der Waals surface area contributed by atoms with Gasteiger partial charge >= 0.3 is 0 Å². The molecular weight excluding hydrogens is 480 g/mol. The van der Waals surface area contributed by atoms with E-state index in [4.69, 9.17) is 4.98 Å². The van der Waals surface area contributed by atoms with Gasteiger partial charge in [0.05, 0.1) is 15.1 Å². The van der Waals surface area contributed by atoms with E-state index >= 15 is 0 Å². The molecule has 1 atom stereocenters. The van der Waals surface area contributed by atoms with Crippen LogP contribution in [0.5, 0.6) is 0 Å². The Labute approximate surface area is 212 Å². The van der Waals surface area contributed by atoms with Crippen LogP contribution < -0.4 is 4.90 Å². The molecule has 2 heterocycles. The van der Waals surface area contributed by atoms with E-state index in [9.17, 15) is 13.2 Å². The second-order valence-electron chi connectivity index (χ2n) is 8.93. The summed E-state index contributed by atoms with van der Waals surface area (Å²) >= 11 is 1.49. The summed E-state index contributed by atoms with van der Waals surface area (Å²) < 4.78 is 29.0. The molecule has 0 bridgehead atoms. The highest BCUT2D eigenvalue weighted by Gasteiger charge is 2.31. The molecule has 2 aromatic carbocycles. The second-order valence-corrected chi connectivity index (χ2v) is 11.8. The van der Waals surface area contributed by atoms with Crippen LogP contribution in [0.1, 0.15) is 50.4 Å². The van der Waals surface area contributed by atoms with Crippen LogP contribution in [0.3, 0.4) is 0 Å². The van der Waals surface area contributed by atoms with E-state index in [2.05, 4.69) is 18.7 Å². The van der Waals surface area contributed by atoms with Gasteiger partial charge in [0, 0.05) is 31.2 Å². The molecule has 1 aliphatic rings. The number of rotatable bonds is 9. The number of carbonyl (C=O) groups is 1. The van der Waals surface area contributed by atoms with Gasteiger partial charge in [-0.05, 0) is 69.3 Å². The van der Waals surface area contributed by atoms with Crippen LogP contribution in [0.2, 0.25) is 0 Å². The monoisotopic (exact) mass is 514 g/mol. The molecule has 1 fully saturated rings. The molecule has 0 radical (unpaired) electrons. The van der Waals surface area contributed by atoms with E-state index in [-0.39, 0.29) is 16.8 Å². The number of fused-ring (bicyclic) bond motifs is 1. The fourth-order valence-corrected chi connectivity index (χ4v) is 7.22. The van der Waals surface area contributed by atoms with Gasteiger partial charge in [0.25, 0.3) is 5.91 Å². The zero-order valence-corrected chi connectivity index (χ0v) is 22.3. The molecule has 0 N–H and O–H groups in total. The topological polar surface area (TPSA) is 73.8 Å². The quantitative estimate of drug-likeness (QED) is 0.408. The number of anilines is 1. The predicted molar refractivity (Wildman–Crippen MR) is 143 cm³/mol. The van der Waals surface area contributed by atoms with E-state index < -0.39 is 10.0 Å². The molecule has 0 spiro atoms. The molecule has 7 nitrogen and oxygen atoms in total. The van der Waals surface area contributed by atoms with Crippen molar-refractivity contribution in [2.45, 2.75) is 51.0 Å². The van der Waals surface area contributed by atoms with Gasteiger partial charge in [-0.2, -0.15) is 4.31 Å². The number of benzene rings is 2. The van der Waals surface area contributed by atoms with Gasteiger partial charge in [-0.1, -0.05) is 43.7 Å². The van der Waals surface area contributed by atoms with Crippen LogP contribution in [0, 0.1) is 0 Å². The maximum atomic E-state index is 13.6. The Morgan fingerprint density at radius 1 is 1.06 bits per heavy atom. The number of amides is 1. The average molecular weight is 515 g/mol. The number of carbonyl (C=O) groups excluding carboxylic acids is 1. The Balaban J connectivity index is 1.61. The van der Waals surface area contributed by atoms with E-state index in [0.717, 1.165) is 49.1 Å². The number of nitrogens with zero attached hydrogens (tertiary/aromatic N) is 4. The molecule has 188 valence electrons. The number of piperidine rings is 1. The first-order valence-electron chi connectivity index (χ1n) is 12.4. The van der Waals surface area contributed by atoms with Gasteiger partial charge in [0.15, 0.2) is 5.13 Å². The number of likely N-dealkylation sites (N-methyl/N-ethyl adjacent to an activating group) is 1. The van der Waals surface area contributed by atoms with Crippen LogP contribution in [0.25, 0.3) is 10.2 Å². The number of hydrogen-bond donors (Lipinski definition) is 0. The fraction of sp³-hybridized carbons (Fsp3) is 0.462. The minimum atomic E-state index is -3.58. The minimum Gasteiger partial charge on any atom is -0.302 e. The van der Waals surface area contributed by atoms with Crippen molar-refractivity contribution >= 4 is 42.6 Å². The van der Waals surface area contributed by atoms with Crippen molar-refractivity contribution in [3.05, 3.63) is 54.1 Å². The minimum absolute atomic E-state index is 0.00957. The number of aromatic nitrogens is 1. The molecular formula is C26H34N4O3S2. The summed E-state index contributed by atoms with van der Waals surface area (Å²) in [6.07, 6.45) is 2.80. The maximum Gasteiger partial charge on any atom is 0.260 e. The van der Waals surface area contributed by atoms with Crippen molar-refractivity contribution in [2.75, 3.05) is 37.6 Å². The molecule has 9 heteroatoms. The molecule has 1 aromatic heterocycles. The zero-order chi connectivity index (χ0) is 25.0. The first kappa shape index (κ1) is 25.8. The highest BCUT2D eigenvalue weighted by atomic mass is 32.2. The first-order valence-corrected chi connectivity index (χ1v) is 14.6. The molecule has 3 aromatic rings. The number of hydrogen-bond acceptors (Lipinski definition) is 6. The van der Waals surface area contributed by atoms with E-state index in [1.165, 1.54) is 11.3 Å². The third-order valence-corrected chi connectivity index (χ3v) is 9.83. The van der Waals surface area contributed by atoms with E-state index in [1.54, 1.807) is 33.5 Å². The Hall–Kier alpha value is -2.33. The van der Waals surface area contributed by atoms with E-state index in [1.807, 2.05) is 31.2 Å². The second kappa shape index (κ2) is 11.2. The van der Waals surface area contributed by atoms with Crippen LogP contribution in [0.4, 0.5) is 5.13 Å². The molecule has 1 unspecified atom stereocenters. The standard InChI is InChI=1S/C26H34N4O3S2/c1-4-28(5-2)18-19-29(26-27-23-11-6-7-12-24(23)34-26)25(31)21-13-15-22(16-14-21)35(32,33)30-17-9-8-10-20(30)3/h6-7,11-16,20H,4-5,8-10,17-19H2,1-3H3. The summed E-state index contributed by atoms with van der Waals surface area (Å²) in [5, 5.41) is 0.655. The number of para-hydroxylation sites is 1. The highest BCUT2D eigenvalue weighted by molar-refractivity contribution is 7.89. The lowest BCUT2D eigenvalue weighted by Crippen LogP contribution is -2.42. The summed E-state index contributed by atoms with van der Waals surface area (Å²) in [4.78, 5) is 22.6. The predicted octanol–water partition coefficient (Wildman–Crippen LogP) is 4.85. The molecule has 1 saturated heterocycles. The van der Waals surface area contributed by atoms with Crippen molar-refractivity contribution in [2.24, 2.45) is 0 Å². The van der Waals surface area contributed by atoms with Crippen LogP contribution in [-0.4, -0.2) is 67.3 Å². The average Bonchev–Trinajstić information content (AvgIpc) is 3.30. The van der Waals surface area contributed by atoms with Gasteiger partial charge in [0.1, 0.15) is 0 Å². The van der Waals surface area contributed by atoms with Crippen molar-refractivity contribution in [1.82, 2.24) is 14.2 Å². The summed E-state index contributed by atoms with van der Waals surface area (Å²) in [7, 11) is -3.58. The third kappa shape index (κ3) is 5.58. The molecule has 35 heavy (non-hydrogen) atoms. The molecule has 1 aliphatic heterocycles. The summed E-state index contributed by atoms with van der Waals surface area (Å²) in [5.41, 5.74) is 1.32. The zero-order valence-electron chi connectivity index (χ0n) is 20.7. The van der Waals surface area contributed by atoms with Gasteiger partial charge in [0.2, 0.25) is 10.0 Å². The van der Waals surface area contributed by atoms with Crippen molar-refractivity contribution < 1.29 is 13.2 Å². The summed E-state index contributed by atoms with van der Waals surface area (Å²) in [6.45, 7) is 9.76. The van der Waals surface area contributed by atoms with Gasteiger partial charge in [-0.25, -0.2) is 13.4 Å². The Morgan fingerprint density at radius 3 is 2.43 bits per heavy atom. The molecule has 0 aliphatic carbocycles. The van der Waals surface area contributed by atoms with Crippen LogP contribution in [-0.2, 0) is 10.0 Å². The SMILES string of the molecule is CCN(CC)CCN(C(=O)c1ccc(S(=O)(=O)N2CCCCC2C)cc1)c1nc2ccccc2s1. The Morgan fingerprint density at radius 2 is 1.77 bits per heavy atom. The lowest BCUT2D eigenvalue weighted by Gasteiger charge is -2.32. The Kier molecular flexibility index (Phi) is 8.21. The molecule has 4 rings (SSSR count). The summed E-state index contributed by atoms with van der Waals surface area (Å²) in [6, 6.07) is 14.2.